The number of anilines is 1. The zero-order valence-electron chi connectivity index (χ0n) is 10.6. The molecule has 0 fully saturated rings. The Morgan fingerprint density at radius 1 is 1.28 bits per heavy atom. The highest BCUT2D eigenvalue weighted by Gasteiger charge is 2.07. The van der Waals surface area contributed by atoms with Crippen LogP contribution in [0.1, 0.15) is 0 Å². The van der Waals surface area contributed by atoms with Crippen LogP contribution >= 0.6 is 11.6 Å². The van der Waals surface area contributed by atoms with Crippen LogP contribution in [-0.2, 0) is 6.54 Å². The molecule has 0 radical (unpaired) electrons. The number of rotatable bonds is 4. The van der Waals surface area contributed by atoms with Crippen LogP contribution in [0.25, 0.3) is 11.3 Å². The second-order valence-corrected chi connectivity index (χ2v) is 4.92. The maximum absolute atomic E-state index is 5.95. The fourth-order valence-electron chi connectivity index (χ4n) is 1.67. The normalized spacial score (nSPS) is 11.1. The van der Waals surface area contributed by atoms with Crippen molar-refractivity contribution in [3.63, 3.8) is 0 Å². The van der Waals surface area contributed by atoms with Gasteiger partial charge in [0.2, 0.25) is 0 Å². The molecule has 18 heavy (non-hydrogen) atoms. The van der Waals surface area contributed by atoms with Gasteiger partial charge in [-0.3, -0.25) is 0 Å². The second-order valence-electron chi connectivity index (χ2n) is 4.49. The zero-order valence-corrected chi connectivity index (χ0v) is 11.4. The average molecular weight is 265 g/mol. The van der Waals surface area contributed by atoms with Gasteiger partial charge in [0.25, 0.3) is 0 Å². The molecule has 1 aromatic heterocycles. The third kappa shape index (κ3) is 3.03. The fraction of sp³-hybridized carbons (Fsp3) is 0.308. The van der Waals surface area contributed by atoms with Crippen molar-refractivity contribution >= 4 is 17.4 Å². The average Bonchev–Trinajstić information content (AvgIpc) is 2.69. The van der Waals surface area contributed by atoms with E-state index in [4.69, 9.17) is 17.3 Å². The summed E-state index contributed by atoms with van der Waals surface area (Å²) in [5, 5.41) is 5.22. The zero-order chi connectivity index (χ0) is 13.1. The van der Waals surface area contributed by atoms with Gasteiger partial charge in [0.15, 0.2) is 0 Å². The van der Waals surface area contributed by atoms with Crippen molar-refractivity contribution in [2.45, 2.75) is 6.54 Å². The van der Waals surface area contributed by atoms with Crippen molar-refractivity contribution in [2.75, 3.05) is 26.4 Å². The highest BCUT2D eigenvalue weighted by molar-refractivity contribution is 6.30. The first kappa shape index (κ1) is 12.9. The molecule has 0 unspecified atom stereocenters. The summed E-state index contributed by atoms with van der Waals surface area (Å²) >= 11 is 5.86. The first-order valence-corrected chi connectivity index (χ1v) is 6.18. The van der Waals surface area contributed by atoms with Gasteiger partial charge in [0, 0.05) is 23.2 Å². The van der Waals surface area contributed by atoms with E-state index in [1.54, 1.807) is 0 Å². The van der Waals surface area contributed by atoms with Crippen LogP contribution in [0, 0.1) is 0 Å². The smallest absolute Gasteiger partial charge is 0.122 e. The van der Waals surface area contributed by atoms with Crippen molar-refractivity contribution < 1.29 is 0 Å². The van der Waals surface area contributed by atoms with E-state index in [1.807, 2.05) is 49.1 Å². The summed E-state index contributed by atoms with van der Waals surface area (Å²) < 4.78 is 1.82. The highest BCUT2D eigenvalue weighted by atomic mass is 35.5. The molecule has 0 aliphatic rings. The molecule has 0 saturated carbocycles. The Balaban J connectivity index is 2.20. The lowest BCUT2D eigenvalue weighted by molar-refractivity contribution is 0.375. The summed E-state index contributed by atoms with van der Waals surface area (Å²) in [6, 6.07) is 9.48. The predicted molar refractivity (Wildman–Crippen MR) is 75.6 cm³/mol. The number of halogens is 1. The van der Waals surface area contributed by atoms with E-state index >= 15 is 0 Å². The Morgan fingerprint density at radius 3 is 2.56 bits per heavy atom. The lowest BCUT2D eigenvalue weighted by Crippen LogP contribution is -2.19. The van der Waals surface area contributed by atoms with Crippen LogP contribution in [-0.4, -0.2) is 35.3 Å². The number of likely N-dealkylation sites (N-methyl/N-ethyl adjacent to an activating group) is 1. The second kappa shape index (κ2) is 5.42. The van der Waals surface area contributed by atoms with E-state index in [-0.39, 0.29) is 0 Å². The van der Waals surface area contributed by atoms with Crippen LogP contribution in [0.2, 0.25) is 5.02 Å². The van der Waals surface area contributed by atoms with E-state index in [9.17, 15) is 0 Å². The monoisotopic (exact) mass is 264 g/mol. The fourth-order valence-corrected chi connectivity index (χ4v) is 1.79. The van der Waals surface area contributed by atoms with Crippen LogP contribution in [0.3, 0.4) is 0 Å². The van der Waals surface area contributed by atoms with E-state index in [0.717, 1.165) is 29.4 Å². The summed E-state index contributed by atoms with van der Waals surface area (Å²) in [5.41, 5.74) is 7.85. The standard InChI is InChI=1S/C13H17ClN4/c1-17(2)7-8-18-13(15)9-12(16-18)10-3-5-11(14)6-4-10/h3-6,9H,7-8,15H2,1-2H3. The molecule has 2 aromatic rings. The Kier molecular flexibility index (Phi) is 3.89. The van der Waals surface area contributed by atoms with Gasteiger partial charge >= 0.3 is 0 Å². The molecule has 5 heteroatoms. The van der Waals surface area contributed by atoms with Gasteiger partial charge in [-0.2, -0.15) is 5.10 Å². The number of nitrogens with two attached hydrogens (primary N) is 1. The van der Waals surface area contributed by atoms with Gasteiger partial charge in [0.05, 0.1) is 12.2 Å². The Morgan fingerprint density at radius 2 is 1.94 bits per heavy atom. The minimum atomic E-state index is 0.682. The van der Waals surface area contributed by atoms with Gasteiger partial charge in [-0.1, -0.05) is 23.7 Å². The molecule has 0 aliphatic carbocycles. The third-order valence-electron chi connectivity index (χ3n) is 2.71. The van der Waals surface area contributed by atoms with Crippen LogP contribution in [0.15, 0.2) is 30.3 Å². The molecule has 0 bridgehead atoms. The first-order valence-electron chi connectivity index (χ1n) is 5.80. The Hall–Kier alpha value is -1.52. The van der Waals surface area contributed by atoms with Crippen molar-refractivity contribution in [1.29, 1.82) is 0 Å². The molecule has 2 N–H and O–H groups in total. The lowest BCUT2D eigenvalue weighted by Gasteiger charge is -2.09. The van der Waals surface area contributed by atoms with E-state index in [2.05, 4.69) is 10.00 Å². The molecule has 0 spiro atoms. The molecular formula is C13H17ClN4. The van der Waals surface area contributed by atoms with E-state index in [0.29, 0.717) is 5.82 Å². The molecule has 0 saturated heterocycles. The van der Waals surface area contributed by atoms with E-state index in [1.165, 1.54) is 0 Å². The molecule has 0 amide bonds. The number of hydrogen-bond acceptors (Lipinski definition) is 3. The highest BCUT2D eigenvalue weighted by Crippen LogP contribution is 2.22. The Labute approximate surface area is 112 Å². The molecule has 1 aromatic carbocycles. The lowest BCUT2D eigenvalue weighted by atomic mass is 10.1. The summed E-state index contributed by atoms with van der Waals surface area (Å²) in [6.07, 6.45) is 0. The summed E-state index contributed by atoms with van der Waals surface area (Å²) in [6.45, 7) is 1.69. The quantitative estimate of drug-likeness (QED) is 0.922. The largest absolute Gasteiger partial charge is 0.384 e. The number of hydrogen-bond donors (Lipinski definition) is 1. The molecule has 1 heterocycles. The number of benzene rings is 1. The molecule has 0 atom stereocenters. The molecule has 2 rings (SSSR count). The third-order valence-corrected chi connectivity index (χ3v) is 2.96. The SMILES string of the molecule is CN(C)CCn1nc(-c2ccc(Cl)cc2)cc1N. The molecule has 96 valence electrons. The van der Waals surface area contributed by atoms with Crippen molar-refractivity contribution in [3.05, 3.63) is 35.4 Å². The minimum absolute atomic E-state index is 0.682. The van der Waals surface area contributed by atoms with Crippen LogP contribution in [0.4, 0.5) is 5.82 Å². The van der Waals surface area contributed by atoms with Gasteiger partial charge in [-0.25, -0.2) is 4.68 Å². The summed E-state index contributed by atoms with van der Waals surface area (Å²) in [5.74, 6) is 0.682. The van der Waals surface area contributed by atoms with Gasteiger partial charge in [-0.15, -0.1) is 0 Å². The Bertz CT molecular complexity index is 516. The molecular weight excluding hydrogens is 248 g/mol. The van der Waals surface area contributed by atoms with Crippen LogP contribution in [0.5, 0.6) is 0 Å². The van der Waals surface area contributed by atoms with E-state index < -0.39 is 0 Å². The number of aromatic nitrogens is 2. The maximum Gasteiger partial charge on any atom is 0.122 e. The van der Waals surface area contributed by atoms with Gasteiger partial charge < -0.3 is 10.6 Å². The maximum atomic E-state index is 5.95. The predicted octanol–water partition coefficient (Wildman–Crippen LogP) is 2.35. The molecule has 0 aliphatic heterocycles. The first-order chi connectivity index (χ1) is 8.56. The number of nitrogen functional groups attached to an aromatic ring is 1. The van der Waals surface area contributed by atoms with Crippen molar-refractivity contribution in [3.8, 4) is 11.3 Å². The van der Waals surface area contributed by atoms with Crippen LogP contribution < -0.4 is 5.73 Å². The van der Waals surface area contributed by atoms with Crippen molar-refractivity contribution in [2.24, 2.45) is 0 Å². The topological polar surface area (TPSA) is 47.1 Å². The summed E-state index contributed by atoms with van der Waals surface area (Å²) in [7, 11) is 4.06. The molecule has 4 nitrogen and oxygen atoms in total. The summed E-state index contributed by atoms with van der Waals surface area (Å²) in [4.78, 5) is 2.10. The minimum Gasteiger partial charge on any atom is -0.384 e. The van der Waals surface area contributed by atoms with Crippen molar-refractivity contribution in [1.82, 2.24) is 14.7 Å². The van der Waals surface area contributed by atoms with Gasteiger partial charge in [-0.05, 0) is 26.2 Å². The number of nitrogens with zero attached hydrogens (tertiary/aromatic N) is 3. The van der Waals surface area contributed by atoms with Gasteiger partial charge in [0.1, 0.15) is 5.82 Å².